The van der Waals surface area contributed by atoms with Crippen molar-refractivity contribution in [2.24, 2.45) is 0 Å². The summed E-state index contributed by atoms with van der Waals surface area (Å²) in [5.74, 6) is -2.22. The van der Waals surface area contributed by atoms with Crippen LogP contribution in [0.3, 0.4) is 0 Å². The van der Waals surface area contributed by atoms with Crippen molar-refractivity contribution in [1.29, 1.82) is 0 Å². The number of carbonyl (C=O) groups excluding carboxylic acids is 6. The van der Waals surface area contributed by atoms with Crippen LogP contribution in [0, 0.1) is 0 Å². The molecule has 0 aromatic carbocycles. The number of methoxy groups -OCH3 is 2. The fourth-order valence-electron chi connectivity index (χ4n) is 3.25. The Labute approximate surface area is 183 Å². The zero-order chi connectivity index (χ0) is 24.0. The average molecular weight is 458 g/mol. The first kappa shape index (κ1) is 25.0. The zero-order valence-corrected chi connectivity index (χ0v) is 18.3. The van der Waals surface area contributed by atoms with Gasteiger partial charge in [-0.1, -0.05) is 0 Å². The molecule has 0 spiro atoms. The van der Waals surface area contributed by atoms with Crippen molar-refractivity contribution < 1.29 is 47.7 Å². The second-order valence-electron chi connectivity index (χ2n) is 7.18. The Bertz CT molecular complexity index is 688. The molecule has 178 valence electrons. The molecule has 0 N–H and O–H groups in total. The molecular formula is C18H26N4O10. The molecule has 0 saturated carbocycles. The summed E-state index contributed by atoms with van der Waals surface area (Å²) in [5.41, 5.74) is 0. The molecule has 32 heavy (non-hydrogen) atoms. The van der Waals surface area contributed by atoms with Gasteiger partial charge in [-0.2, -0.15) is 0 Å². The summed E-state index contributed by atoms with van der Waals surface area (Å²) in [4.78, 5) is 76.5. The average Bonchev–Trinajstić information content (AvgIpc) is 2.76. The van der Waals surface area contributed by atoms with E-state index in [4.69, 9.17) is 0 Å². The smallest absolute Gasteiger partial charge is 0.438 e. The highest BCUT2D eigenvalue weighted by Crippen LogP contribution is 2.18. The number of hydrogen-bond donors (Lipinski definition) is 0. The molecule has 4 amide bonds. The van der Waals surface area contributed by atoms with Crippen LogP contribution in [0.15, 0.2) is 0 Å². The number of ether oxygens (including phenoxy) is 4. The van der Waals surface area contributed by atoms with Gasteiger partial charge in [-0.3, -0.25) is 29.0 Å². The Morgan fingerprint density at radius 1 is 0.688 bits per heavy atom. The van der Waals surface area contributed by atoms with Crippen molar-refractivity contribution in [1.82, 2.24) is 19.6 Å². The number of hydrogen-bond acceptors (Lipinski definition) is 12. The highest BCUT2D eigenvalue weighted by Gasteiger charge is 2.40. The van der Waals surface area contributed by atoms with Gasteiger partial charge in [-0.05, 0) is 13.8 Å². The van der Waals surface area contributed by atoms with Crippen molar-refractivity contribution >= 4 is 35.9 Å². The van der Waals surface area contributed by atoms with Crippen molar-refractivity contribution in [2.75, 3.05) is 53.9 Å². The third-order valence-electron chi connectivity index (χ3n) is 5.36. The van der Waals surface area contributed by atoms with Gasteiger partial charge in [0.05, 0.1) is 40.4 Å². The monoisotopic (exact) mass is 458 g/mol. The van der Waals surface area contributed by atoms with Gasteiger partial charge >= 0.3 is 12.3 Å². The Morgan fingerprint density at radius 2 is 0.969 bits per heavy atom. The summed E-state index contributed by atoms with van der Waals surface area (Å²) in [6.45, 7) is 2.00. The summed E-state index contributed by atoms with van der Waals surface area (Å²) >= 11 is 0. The van der Waals surface area contributed by atoms with E-state index in [1.807, 2.05) is 0 Å². The predicted octanol–water partition coefficient (Wildman–Crippen LogP) is -1.41. The third-order valence-corrected chi connectivity index (χ3v) is 5.36. The first-order chi connectivity index (χ1) is 15.1. The Balaban J connectivity index is 1.94. The lowest BCUT2D eigenvalue weighted by Gasteiger charge is -2.43. The van der Waals surface area contributed by atoms with Gasteiger partial charge in [0.2, 0.25) is 23.6 Å². The van der Waals surface area contributed by atoms with Gasteiger partial charge in [0.15, 0.2) is 13.5 Å². The fraction of sp³-hybridized carbons (Fsp3) is 0.667. The van der Waals surface area contributed by atoms with E-state index in [2.05, 4.69) is 18.9 Å². The molecule has 2 saturated heterocycles. The van der Waals surface area contributed by atoms with Crippen molar-refractivity contribution in [3.63, 3.8) is 0 Å². The van der Waals surface area contributed by atoms with Crippen molar-refractivity contribution in [3.8, 4) is 0 Å². The van der Waals surface area contributed by atoms with E-state index in [-0.39, 0.29) is 38.3 Å². The molecule has 2 rings (SSSR count). The highest BCUT2D eigenvalue weighted by molar-refractivity contribution is 6.00. The number of rotatable bonds is 7. The molecule has 0 aliphatic carbocycles. The van der Waals surface area contributed by atoms with E-state index >= 15 is 0 Å². The molecule has 0 bridgehead atoms. The van der Waals surface area contributed by atoms with Crippen LogP contribution >= 0.6 is 0 Å². The van der Waals surface area contributed by atoms with Crippen LogP contribution < -0.4 is 0 Å². The summed E-state index contributed by atoms with van der Waals surface area (Å²) in [5, 5.41) is 0. The van der Waals surface area contributed by atoms with E-state index in [0.29, 0.717) is 0 Å². The molecule has 14 heteroatoms. The Kier molecular flexibility index (Phi) is 8.48. The van der Waals surface area contributed by atoms with Crippen molar-refractivity contribution in [3.05, 3.63) is 0 Å². The first-order valence-corrected chi connectivity index (χ1v) is 9.65. The maximum atomic E-state index is 12.4. The quantitative estimate of drug-likeness (QED) is 0.325. The molecule has 2 aliphatic rings. The first-order valence-electron chi connectivity index (χ1n) is 9.65. The second-order valence-corrected chi connectivity index (χ2v) is 7.18. The Hall–Kier alpha value is -3.26. The van der Waals surface area contributed by atoms with Gasteiger partial charge in [-0.15, -0.1) is 0 Å². The van der Waals surface area contributed by atoms with E-state index in [9.17, 15) is 28.8 Å². The lowest BCUT2D eigenvalue weighted by Crippen LogP contribution is -2.63. The highest BCUT2D eigenvalue weighted by atomic mass is 16.7. The van der Waals surface area contributed by atoms with Crippen LogP contribution in [0.4, 0.5) is 9.59 Å². The van der Waals surface area contributed by atoms with E-state index in [1.54, 1.807) is 23.6 Å². The van der Waals surface area contributed by atoms with Gasteiger partial charge in [-0.25, -0.2) is 19.4 Å². The van der Waals surface area contributed by atoms with E-state index in [1.165, 1.54) is 0 Å². The molecular weight excluding hydrogens is 432 g/mol. The van der Waals surface area contributed by atoms with Crippen LogP contribution in [0.25, 0.3) is 0 Å². The van der Waals surface area contributed by atoms with Crippen molar-refractivity contribution in [2.45, 2.75) is 25.9 Å². The van der Waals surface area contributed by atoms with Crippen LogP contribution in [0.5, 0.6) is 0 Å². The number of carbonyl (C=O) groups is 6. The largest absolute Gasteiger partial charge is 0.509 e. The lowest BCUT2D eigenvalue weighted by atomic mass is 10.1. The summed E-state index contributed by atoms with van der Waals surface area (Å²) in [7, 11) is 2.21. The maximum Gasteiger partial charge on any atom is 0.509 e. The van der Waals surface area contributed by atoms with Gasteiger partial charge < -0.3 is 18.9 Å². The molecule has 14 nitrogen and oxygen atoms in total. The summed E-state index contributed by atoms with van der Waals surface area (Å²) < 4.78 is 17.9. The normalized spacial score (nSPS) is 20.1. The maximum absolute atomic E-state index is 12.4. The van der Waals surface area contributed by atoms with E-state index in [0.717, 1.165) is 24.0 Å². The number of imide groups is 2. The Morgan fingerprint density at radius 3 is 1.22 bits per heavy atom. The standard InChI is InChI=1S/C18H26N4O10/c1-11(19-5-13(23)21(14(24)6-19)9-31-17(27)29-3)12(2)20-7-15(25)22(16(26)8-20)10-32-18(28)30-4/h11-12H,5-10H2,1-4H3/t11-,12+. The molecule has 0 radical (unpaired) electrons. The number of nitrogens with zero attached hydrogens (tertiary/aromatic N) is 4. The molecule has 2 aliphatic heterocycles. The van der Waals surface area contributed by atoms with Crippen LogP contribution in [-0.2, 0) is 38.1 Å². The summed E-state index contributed by atoms with van der Waals surface area (Å²) in [6.07, 6.45) is -2.03. The zero-order valence-electron chi connectivity index (χ0n) is 18.3. The minimum atomic E-state index is -1.01. The van der Waals surface area contributed by atoms with Crippen LogP contribution in [-0.4, -0.2) is 121 Å². The number of amides is 4. The van der Waals surface area contributed by atoms with Crippen LogP contribution in [0.2, 0.25) is 0 Å². The minimum absolute atomic E-state index is 0.114. The minimum Gasteiger partial charge on any atom is -0.438 e. The molecule has 2 heterocycles. The van der Waals surface area contributed by atoms with E-state index < -0.39 is 49.4 Å². The molecule has 2 fully saturated rings. The lowest BCUT2D eigenvalue weighted by molar-refractivity contribution is -0.162. The molecule has 0 aromatic heterocycles. The van der Waals surface area contributed by atoms with Gasteiger partial charge in [0, 0.05) is 12.1 Å². The fourth-order valence-corrected chi connectivity index (χ4v) is 3.25. The molecule has 0 aromatic rings. The molecule has 2 atom stereocenters. The van der Waals surface area contributed by atoms with Crippen LogP contribution in [0.1, 0.15) is 13.8 Å². The summed E-state index contributed by atoms with van der Waals surface area (Å²) in [6, 6.07) is -0.741. The SMILES string of the molecule is COC(=O)OCN1C(=O)CN([C@H](C)[C@H](C)N2CC(=O)N(COC(=O)OC)C(=O)C2)CC1=O. The predicted molar refractivity (Wildman–Crippen MR) is 102 cm³/mol. The third kappa shape index (κ3) is 5.91. The second kappa shape index (κ2) is 10.9. The molecule has 0 unspecified atom stereocenters. The van der Waals surface area contributed by atoms with Gasteiger partial charge in [0.25, 0.3) is 0 Å². The van der Waals surface area contributed by atoms with Gasteiger partial charge in [0.1, 0.15) is 0 Å². The topological polar surface area (TPSA) is 152 Å². The number of piperazine rings is 2.